The van der Waals surface area contributed by atoms with Gasteiger partial charge in [-0.1, -0.05) is 84.9 Å². The summed E-state index contributed by atoms with van der Waals surface area (Å²) >= 11 is 0. The van der Waals surface area contributed by atoms with Crippen LogP contribution in [0.1, 0.15) is 27.0 Å². The van der Waals surface area contributed by atoms with Gasteiger partial charge in [-0.3, -0.25) is 4.79 Å². The minimum absolute atomic E-state index is 0.0547. The van der Waals surface area contributed by atoms with E-state index in [4.69, 9.17) is 0 Å². The zero-order valence-corrected chi connectivity index (χ0v) is 18.5. The highest BCUT2D eigenvalue weighted by molar-refractivity contribution is 7.90. The molecule has 4 nitrogen and oxygen atoms in total. The van der Waals surface area contributed by atoms with Crippen LogP contribution >= 0.6 is 0 Å². The molecule has 4 rings (SSSR count). The molecule has 5 heteroatoms. The number of carbonyl (C=O) groups excluding carboxylic acids is 1. The van der Waals surface area contributed by atoms with Gasteiger partial charge in [-0.25, -0.2) is 13.1 Å². The highest BCUT2D eigenvalue weighted by atomic mass is 32.2. The van der Waals surface area contributed by atoms with Crippen LogP contribution in [0.3, 0.4) is 0 Å². The van der Waals surface area contributed by atoms with Gasteiger partial charge in [0, 0.05) is 5.56 Å². The molecule has 4 aromatic carbocycles. The molecule has 0 fully saturated rings. The molecule has 0 saturated heterocycles. The Kier molecular flexibility index (Phi) is 6.19. The highest BCUT2D eigenvalue weighted by Gasteiger charge is 2.21. The Bertz CT molecular complexity index is 1330. The second-order valence-electron chi connectivity index (χ2n) is 7.59. The Morgan fingerprint density at radius 2 is 1.31 bits per heavy atom. The summed E-state index contributed by atoms with van der Waals surface area (Å²) in [4.78, 5) is 13.0. The van der Waals surface area contributed by atoms with Gasteiger partial charge in [0.1, 0.15) is 0 Å². The summed E-state index contributed by atoms with van der Waals surface area (Å²) < 4.78 is 27.4. The largest absolute Gasteiger partial charge is 0.268 e. The average Bonchev–Trinajstić information content (AvgIpc) is 2.82. The minimum atomic E-state index is -3.95. The minimum Gasteiger partial charge on any atom is -0.268 e. The van der Waals surface area contributed by atoms with Crippen LogP contribution in [0.2, 0.25) is 0 Å². The van der Waals surface area contributed by atoms with Gasteiger partial charge in [-0.05, 0) is 59.4 Å². The first-order valence-corrected chi connectivity index (χ1v) is 11.8. The lowest BCUT2D eigenvalue weighted by molar-refractivity contribution is 0.0980. The van der Waals surface area contributed by atoms with Gasteiger partial charge in [0.25, 0.3) is 15.9 Å². The predicted octanol–water partition coefficient (Wildman–Crippen LogP) is 5.37. The monoisotopic (exact) mass is 441 g/mol. The van der Waals surface area contributed by atoms with Gasteiger partial charge >= 0.3 is 0 Å². The fourth-order valence-electron chi connectivity index (χ4n) is 3.64. The molecule has 4 aromatic rings. The third-order valence-corrected chi connectivity index (χ3v) is 6.72. The van der Waals surface area contributed by atoms with Crippen molar-refractivity contribution in [1.29, 1.82) is 0 Å². The van der Waals surface area contributed by atoms with E-state index in [0.717, 1.165) is 27.8 Å². The van der Waals surface area contributed by atoms with Gasteiger partial charge in [-0.2, -0.15) is 0 Å². The van der Waals surface area contributed by atoms with Gasteiger partial charge in [0.05, 0.1) is 4.90 Å². The fraction of sp³-hybridized carbons (Fsp3) is 0.0741. The lowest BCUT2D eigenvalue weighted by Crippen LogP contribution is -2.31. The molecule has 0 unspecified atom stereocenters. The van der Waals surface area contributed by atoms with E-state index < -0.39 is 15.9 Å². The number of aryl methyl sites for hydroxylation is 1. The summed E-state index contributed by atoms with van der Waals surface area (Å²) in [6.45, 7) is 1.93. The standard InChI is InChI=1S/C27H23NO3S/c1-20-9-8-14-25(27(29)28-32(30,31)24-12-6-3-7-13-24)26(20)19-21-15-17-23(18-16-21)22-10-4-2-5-11-22/h2-18H,19H2,1H3,(H,28,29). The Morgan fingerprint density at radius 3 is 1.97 bits per heavy atom. The third-order valence-electron chi connectivity index (χ3n) is 5.38. The van der Waals surface area contributed by atoms with Crippen molar-refractivity contribution in [3.05, 3.63) is 125 Å². The number of rotatable bonds is 6. The second kappa shape index (κ2) is 9.20. The summed E-state index contributed by atoms with van der Waals surface area (Å²) in [5.41, 5.74) is 5.39. The Hall–Kier alpha value is -3.70. The molecule has 0 bridgehead atoms. The first-order chi connectivity index (χ1) is 15.4. The summed E-state index contributed by atoms with van der Waals surface area (Å²) in [5.74, 6) is -0.631. The first kappa shape index (κ1) is 21.5. The van der Waals surface area contributed by atoms with Gasteiger partial charge < -0.3 is 0 Å². The smallest absolute Gasteiger partial charge is 0.265 e. The maximum atomic E-state index is 12.9. The number of amides is 1. The van der Waals surface area contributed by atoms with Crippen LogP contribution < -0.4 is 4.72 Å². The lowest BCUT2D eigenvalue weighted by Gasteiger charge is -2.14. The quantitative estimate of drug-likeness (QED) is 0.437. The van der Waals surface area contributed by atoms with Crippen molar-refractivity contribution in [2.45, 2.75) is 18.2 Å². The van der Waals surface area contributed by atoms with E-state index in [1.807, 2.05) is 43.3 Å². The zero-order valence-electron chi connectivity index (χ0n) is 17.7. The molecule has 0 aromatic heterocycles. The molecular weight excluding hydrogens is 418 g/mol. The molecule has 32 heavy (non-hydrogen) atoms. The predicted molar refractivity (Wildman–Crippen MR) is 127 cm³/mol. The lowest BCUT2D eigenvalue weighted by atomic mass is 9.94. The number of hydrogen-bond donors (Lipinski definition) is 1. The number of carbonyl (C=O) groups is 1. The van der Waals surface area contributed by atoms with Crippen molar-refractivity contribution in [3.63, 3.8) is 0 Å². The van der Waals surface area contributed by atoms with E-state index in [0.29, 0.717) is 12.0 Å². The zero-order chi connectivity index (χ0) is 22.6. The van der Waals surface area contributed by atoms with E-state index in [1.54, 1.807) is 30.3 Å². The Labute approximate surface area is 188 Å². The average molecular weight is 442 g/mol. The van der Waals surface area contributed by atoms with Crippen molar-refractivity contribution in [2.24, 2.45) is 0 Å². The van der Waals surface area contributed by atoms with Gasteiger partial charge in [0.2, 0.25) is 0 Å². The van der Waals surface area contributed by atoms with Crippen molar-refractivity contribution < 1.29 is 13.2 Å². The first-order valence-electron chi connectivity index (χ1n) is 10.3. The maximum Gasteiger partial charge on any atom is 0.265 e. The summed E-state index contributed by atoms with van der Waals surface area (Å²) in [5, 5.41) is 0. The molecule has 0 aliphatic carbocycles. The topological polar surface area (TPSA) is 63.2 Å². The molecular formula is C27H23NO3S. The van der Waals surface area contributed by atoms with E-state index in [2.05, 4.69) is 29.0 Å². The molecule has 0 aliphatic rings. The van der Waals surface area contributed by atoms with Crippen LogP contribution in [0.4, 0.5) is 0 Å². The highest BCUT2D eigenvalue weighted by Crippen LogP contribution is 2.23. The number of hydrogen-bond acceptors (Lipinski definition) is 3. The third kappa shape index (κ3) is 4.79. The SMILES string of the molecule is Cc1cccc(C(=O)NS(=O)(=O)c2ccccc2)c1Cc1ccc(-c2ccccc2)cc1. The normalized spacial score (nSPS) is 11.2. The summed E-state index contributed by atoms with van der Waals surface area (Å²) in [7, 11) is -3.95. The van der Waals surface area contributed by atoms with Crippen LogP contribution in [0.15, 0.2) is 108 Å². The molecule has 160 valence electrons. The van der Waals surface area contributed by atoms with Crippen molar-refractivity contribution in [1.82, 2.24) is 4.72 Å². The molecule has 0 radical (unpaired) electrons. The molecule has 1 N–H and O–H groups in total. The van der Waals surface area contributed by atoms with Crippen LogP contribution in [0, 0.1) is 6.92 Å². The van der Waals surface area contributed by atoms with E-state index in [9.17, 15) is 13.2 Å². The van der Waals surface area contributed by atoms with Crippen LogP contribution in [-0.4, -0.2) is 14.3 Å². The molecule has 1 amide bonds. The van der Waals surface area contributed by atoms with Crippen LogP contribution in [0.25, 0.3) is 11.1 Å². The second-order valence-corrected chi connectivity index (χ2v) is 9.27. The van der Waals surface area contributed by atoms with E-state index in [-0.39, 0.29) is 4.90 Å². The maximum absolute atomic E-state index is 12.9. The van der Waals surface area contributed by atoms with Crippen molar-refractivity contribution >= 4 is 15.9 Å². The van der Waals surface area contributed by atoms with Crippen LogP contribution in [-0.2, 0) is 16.4 Å². The van der Waals surface area contributed by atoms with Crippen molar-refractivity contribution in [2.75, 3.05) is 0 Å². The fourth-order valence-corrected chi connectivity index (χ4v) is 4.62. The van der Waals surface area contributed by atoms with Crippen molar-refractivity contribution in [3.8, 4) is 11.1 Å². The Morgan fingerprint density at radius 1 is 0.719 bits per heavy atom. The number of benzene rings is 4. The van der Waals surface area contributed by atoms with Gasteiger partial charge in [-0.15, -0.1) is 0 Å². The molecule has 0 saturated carbocycles. The van der Waals surface area contributed by atoms with E-state index >= 15 is 0 Å². The molecule has 0 heterocycles. The summed E-state index contributed by atoms with van der Waals surface area (Å²) in [6.07, 6.45) is 0.524. The molecule has 0 spiro atoms. The number of sulfonamides is 1. The summed E-state index contributed by atoms with van der Waals surface area (Å²) in [6, 6.07) is 31.6. The Balaban J connectivity index is 1.59. The van der Waals surface area contributed by atoms with Crippen LogP contribution in [0.5, 0.6) is 0 Å². The van der Waals surface area contributed by atoms with Gasteiger partial charge in [0.15, 0.2) is 0 Å². The van der Waals surface area contributed by atoms with E-state index in [1.165, 1.54) is 12.1 Å². The molecule has 0 atom stereocenters. The molecule has 0 aliphatic heterocycles. The number of nitrogens with one attached hydrogen (secondary N) is 1.